The fourth-order valence-corrected chi connectivity index (χ4v) is 2.98. The van der Waals surface area contributed by atoms with Gasteiger partial charge in [-0.1, -0.05) is 0 Å². The topological polar surface area (TPSA) is 81.8 Å². The summed E-state index contributed by atoms with van der Waals surface area (Å²) in [7, 11) is 0. The molecule has 7 heteroatoms. The van der Waals surface area contributed by atoms with Gasteiger partial charge in [0.05, 0.1) is 6.20 Å². The van der Waals surface area contributed by atoms with Crippen LogP contribution in [0.1, 0.15) is 36.5 Å². The van der Waals surface area contributed by atoms with E-state index in [-0.39, 0.29) is 18.0 Å². The number of aryl methyl sites for hydroxylation is 3. The molecule has 23 heavy (non-hydrogen) atoms. The van der Waals surface area contributed by atoms with Crippen molar-refractivity contribution in [2.45, 2.75) is 52.6 Å². The van der Waals surface area contributed by atoms with Gasteiger partial charge in [-0.3, -0.25) is 9.36 Å². The standard InChI is InChI=1S/C16H21N5O2/c1-11-9-12(2)20(16(23)18-11)8-6-15(22)19-14-10-17-13-5-3-4-7-21(13)14/h9-10H,3-8H2,1-2H3,(H,19,22). The van der Waals surface area contributed by atoms with Crippen molar-refractivity contribution in [2.24, 2.45) is 0 Å². The number of nitrogens with zero attached hydrogens (tertiary/aromatic N) is 4. The Labute approximate surface area is 134 Å². The van der Waals surface area contributed by atoms with E-state index in [1.54, 1.807) is 13.1 Å². The van der Waals surface area contributed by atoms with Gasteiger partial charge in [-0.05, 0) is 32.8 Å². The zero-order valence-corrected chi connectivity index (χ0v) is 13.5. The fourth-order valence-electron chi connectivity index (χ4n) is 2.98. The summed E-state index contributed by atoms with van der Waals surface area (Å²) in [5.41, 5.74) is 1.20. The van der Waals surface area contributed by atoms with E-state index in [4.69, 9.17) is 0 Å². The highest BCUT2D eigenvalue weighted by Crippen LogP contribution is 2.19. The predicted molar refractivity (Wildman–Crippen MR) is 86.4 cm³/mol. The van der Waals surface area contributed by atoms with Crippen LogP contribution in [-0.4, -0.2) is 25.0 Å². The van der Waals surface area contributed by atoms with E-state index in [1.165, 1.54) is 4.57 Å². The summed E-state index contributed by atoms with van der Waals surface area (Å²) in [5.74, 6) is 1.65. The van der Waals surface area contributed by atoms with Gasteiger partial charge in [-0.25, -0.2) is 9.78 Å². The van der Waals surface area contributed by atoms with Crippen LogP contribution < -0.4 is 11.0 Å². The highest BCUT2D eigenvalue weighted by atomic mass is 16.2. The number of carbonyl (C=O) groups excluding carboxylic acids is 1. The molecule has 3 heterocycles. The summed E-state index contributed by atoms with van der Waals surface area (Å²) in [6.07, 6.45) is 5.15. The molecular weight excluding hydrogens is 294 g/mol. The summed E-state index contributed by atoms with van der Waals surface area (Å²) in [6.45, 7) is 4.85. The number of aromatic nitrogens is 4. The Bertz CT molecular complexity index is 790. The van der Waals surface area contributed by atoms with Gasteiger partial charge in [0.15, 0.2) is 0 Å². The zero-order valence-electron chi connectivity index (χ0n) is 13.5. The SMILES string of the molecule is Cc1cc(C)n(CCC(=O)Nc2cnc3n2CCCC3)c(=O)n1. The van der Waals surface area contributed by atoms with Crippen molar-refractivity contribution in [1.82, 2.24) is 19.1 Å². The molecule has 7 nitrogen and oxygen atoms in total. The van der Waals surface area contributed by atoms with Crippen LogP contribution in [0.15, 0.2) is 17.1 Å². The smallest absolute Gasteiger partial charge is 0.315 e. The average Bonchev–Trinajstić information content (AvgIpc) is 2.89. The molecule has 0 atom stereocenters. The van der Waals surface area contributed by atoms with Gasteiger partial charge in [0.25, 0.3) is 0 Å². The Morgan fingerprint density at radius 2 is 2.17 bits per heavy atom. The first-order chi connectivity index (χ1) is 11.0. The third kappa shape index (κ3) is 3.33. The van der Waals surface area contributed by atoms with Crippen LogP contribution >= 0.6 is 0 Å². The molecule has 0 fully saturated rings. The third-order valence-electron chi connectivity index (χ3n) is 4.15. The van der Waals surface area contributed by atoms with Crippen molar-refractivity contribution in [2.75, 3.05) is 5.32 Å². The van der Waals surface area contributed by atoms with Crippen LogP contribution in [0.4, 0.5) is 5.82 Å². The van der Waals surface area contributed by atoms with E-state index in [0.29, 0.717) is 12.2 Å². The van der Waals surface area contributed by atoms with Crippen molar-refractivity contribution in [3.05, 3.63) is 40.0 Å². The molecule has 0 bridgehead atoms. The van der Waals surface area contributed by atoms with Crippen LogP contribution in [0.3, 0.4) is 0 Å². The molecule has 1 aliphatic heterocycles. The third-order valence-corrected chi connectivity index (χ3v) is 4.15. The molecule has 1 N–H and O–H groups in total. The molecule has 1 aliphatic rings. The maximum absolute atomic E-state index is 12.2. The monoisotopic (exact) mass is 315 g/mol. The second-order valence-electron chi connectivity index (χ2n) is 5.94. The van der Waals surface area contributed by atoms with Gasteiger partial charge >= 0.3 is 5.69 Å². The molecule has 0 aliphatic carbocycles. The second kappa shape index (κ2) is 6.36. The van der Waals surface area contributed by atoms with Gasteiger partial charge < -0.3 is 9.88 Å². The van der Waals surface area contributed by atoms with Crippen molar-refractivity contribution in [3.8, 4) is 0 Å². The van der Waals surface area contributed by atoms with E-state index in [1.807, 2.05) is 13.0 Å². The minimum absolute atomic E-state index is 0.120. The molecule has 0 saturated carbocycles. The zero-order chi connectivity index (χ0) is 16.4. The van der Waals surface area contributed by atoms with Crippen molar-refractivity contribution in [1.29, 1.82) is 0 Å². The summed E-state index contributed by atoms with van der Waals surface area (Å²) >= 11 is 0. The second-order valence-corrected chi connectivity index (χ2v) is 5.94. The molecule has 0 unspecified atom stereocenters. The molecular formula is C16H21N5O2. The number of hydrogen-bond acceptors (Lipinski definition) is 4. The Balaban J connectivity index is 1.65. The van der Waals surface area contributed by atoms with Crippen LogP contribution in [0.2, 0.25) is 0 Å². The van der Waals surface area contributed by atoms with Crippen molar-refractivity contribution in [3.63, 3.8) is 0 Å². The highest BCUT2D eigenvalue weighted by Gasteiger charge is 2.15. The minimum atomic E-state index is -0.308. The largest absolute Gasteiger partial charge is 0.347 e. The molecule has 2 aromatic heterocycles. The lowest BCUT2D eigenvalue weighted by Gasteiger charge is -2.16. The van der Waals surface area contributed by atoms with Crippen molar-refractivity contribution >= 4 is 11.7 Å². The number of rotatable bonds is 4. The Morgan fingerprint density at radius 3 is 2.96 bits per heavy atom. The lowest BCUT2D eigenvalue weighted by Crippen LogP contribution is -2.28. The molecule has 122 valence electrons. The number of nitrogens with one attached hydrogen (secondary N) is 1. The van der Waals surface area contributed by atoms with E-state index >= 15 is 0 Å². The molecule has 3 rings (SSSR count). The first-order valence-electron chi connectivity index (χ1n) is 7.94. The molecule has 0 spiro atoms. The van der Waals surface area contributed by atoms with Gasteiger partial charge in [0.2, 0.25) is 5.91 Å². The van der Waals surface area contributed by atoms with E-state index in [9.17, 15) is 9.59 Å². The number of carbonyl (C=O) groups is 1. The summed E-state index contributed by atoms with van der Waals surface area (Å²) < 4.78 is 3.59. The van der Waals surface area contributed by atoms with Crippen LogP contribution in [0.25, 0.3) is 0 Å². The number of anilines is 1. The van der Waals surface area contributed by atoms with Crippen LogP contribution in [0.5, 0.6) is 0 Å². The Hall–Kier alpha value is -2.44. The predicted octanol–water partition coefficient (Wildman–Crippen LogP) is 1.42. The normalized spacial score (nSPS) is 13.7. The molecule has 0 radical (unpaired) electrons. The lowest BCUT2D eigenvalue weighted by molar-refractivity contribution is -0.116. The number of imidazole rings is 1. The maximum atomic E-state index is 12.2. The van der Waals surface area contributed by atoms with Crippen LogP contribution in [0, 0.1) is 13.8 Å². The summed E-state index contributed by atoms with van der Waals surface area (Å²) in [5, 5.41) is 2.90. The van der Waals surface area contributed by atoms with E-state index in [0.717, 1.165) is 43.1 Å². The number of fused-ring (bicyclic) bond motifs is 1. The number of amides is 1. The summed E-state index contributed by atoms with van der Waals surface area (Å²) in [6, 6.07) is 1.84. The minimum Gasteiger partial charge on any atom is -0.315 e. The summed E-state index contributed by atoms with van der Waals surface area (Å²) in [4.78, 5) is 32.3. The number of hydrogen-bond donors (Lipinski definition) is 1. The fraction of sp³-hybridized carbons (Fsp3) is 0.500. The Morgan fingerprint density at radius 1 is 1.35 bits per heavy atom. The van der Waals surface area contributed by atoms with Gasteiger partial charge in [-0.15, -0.1) is 0 Å². The quantitative estimate of drug-likeness (QED) is 0.925. The highest BCUT2D eigenvalue weighted by molar-refractivity contribution is 5.89. The van der Waals surface area contributed by atoms with Gasteiger partial charge in [-0.2, -0.15) is 4.98 Å². The molecule has 0 aromatic carbocycles. The lowest BCUT2D eigenvalue weighted by atomic mass is 10.2. The molecule has 2 aromatic rings. The molecule has 0 saturated heterocycles. The Kier molecular flexibility index (Phi) is 4.27. The van der Waals surface area contributed by atoms with Crippen molar-refractivity contribution < 1.29 is 4.79 Å². The average molecular weight is 315 g/mol. The van der Waals surface area contributed by atoms with E-state index in [2.05, 4.69) is 19.9 Å². The molecule has 1 amide bonds. The van der Waals surface area contributed by atoms with Gasteiger partial charge in [0.1, 0.15) is 11.6 Å². The van der Waals surface area contributed by atoms with E-state index < -0.39 is 0 Å². The van der Waals surface area contributed by atoms with Gasteiger partial charge in [0, 0.05) is 37.3 Å². The first kappa shape index (κ1) is 15.5. The van der Waals surface area contributed by atoms with Crippen LogP contribution in [-0.2, 0) is 24.3 Å². The maximum Gasteiger partial charge on any atom is 0.347 e. The first-order valence-corrected chi connectivity index (χ1v) is 7.94.